The summed E-state index contributed by atoms with van der Waals surface area (Å²) >= 11 is 0. The first-order valence-electron chi connectivity index (χ1n) is 5.99. The molecule has 2 rings (SSSR count). The summed E-state index contributed by atoms with van der Waals surface area (Å²) in [6, 6.07) is 5.67. The van der Waals surface area contributed by atoms with Gasteiger partial charge in [0.25, 0.3) is 0 Å². The van der Waals surface area contributed by atoms with Crippen molar-refractivity contribution in [3.05, 3.63) is 29.3 Å². The van der Waals surface area contributed by atoms with Gasteiger partial charge in [0.1, 0.15) is 5.75 Å². The quantitative estimate of drug-likeness (QED) is 0.821. The van der Waals surface area contributed by atoms with Gasteiger partial charge < -0.3 is 10.2 Å². The molecule has 0 aromatic heterocycles. The van der Waals surface area contributed by atoms with Gasteiger partial charge in [0.05, 0.1) is 5.60 Å². The first-order chi connectivity index (χ1) is 7.44. The summed E-state index contributed by atoms with van der Waals surface area (Å²) in [4.78, 5) is 0. The Hall–Kier alpha value is -1.02. The molecule has 0 heterocycles. The van der Waals surface area contributed by atoms with Crippen LogP contribution < -0.4 is 0 Å². The number of hydrogen-bond acceptors (Lipinski definition) is 2. The predicted molar refractivity (Wildman–Crippen MR) is 64.5 cm³/mol. The summed E-state index contributed by atoms with van der Waals surface area (Å²) < 4.78 is 0. The largest absolute Gasteiger partial charge is 0.507 e. The molecule has 1 aromatic carbocycles. The Morgan fingerprint density at radius 1 is 1.31 bits per heavy atom. The molecule has 1 aromatic rings. The Morgan fingerprint density at radius 3 is 2.44 bits per heavy atom. The number of para-hydroxylation sites is 1. The zero-order chi connectivity index (χ0) is 11.9. The second-order valence-corrected chi connectivity index (χ2v) is 5.32. The number of rotatable bonds is 3. The molecule has 0 saturated heterocycles. The van der Waals surface area contributed by atoms with E-state index >= 15 is 0 Å². The van der Waals surface area contributed by atoms with E-state index in [-0.39, 0.29) is 11.7 Å². The Balaban J connectivity index is 2.45. The van der Waals surface area contributed by atoms with E-state index in [1.54, 1.807) is 0 Å². The summed E-state index contributed by atoms with van der Waals surface area (Å²) in [6.45, 7) is 5.90. The molecule has 0 spiro atoms. The minimum Gasteiger partial charge on any atom is -0.507 e. The molecule has 1 atom stereocenters. The van der Waals surface area contributed by atoms with E-state index in [0.717, 1.165) is 18.4 Å². The average Bonchev–Trinajstić information content (AvgIpc) is 3.00. The first kappa shape index (κ1) is 11.5. The molecule has 1 saturated carbocycles. The van der Waals surface area contributed by atoms with Crippen LogP contribution in [0.15, 0.2) is 18.2 Å². The molecule has 2 heteroatoms. The predicted octanol–water partition coefficient (Wildman–Crippen LogP) is 3.13. The monoisotopic (exact) mass is 220 g/mol. The van der Waals surface area contributed by atoms with Crippen molar-refractivity contribution >= 4 is 0 Å². The van der Waals surface area contributed by atoms with Gasteiger partial charge in [-0.05, 0) is 37.2 Å². The van der Waals surface area contributed by atoms with Crippen LogP contribution in [0.4, 0.5) is 0 Å². The lowest BCUT2D eigenvalue weighted by Gasteiger charge is -2.26. The van der Waals surface area contributed by atoms with Crippen molar-refractivity contribution in [2.24, 2.45) is 5.92 Å². The van der Waals surface area contributed by atoms with Gasteiger partial charge >= 0.3 is 0 Å². The molecule has 1 unspecified atom stereocenters. The second-order valence-electron chi connectivity index (χ2n) is 5.32. The van der Waals surface area contributed by atoms with Crippen LogP contribution in [0.5, 0.6) is 5.75 Å². The maximum Gasteiger partial charge on any atom is 0.125 e. The van der Waals surface area contributed by atoms with Crippen LogP contribution in [0.3, 0.4) is 0 Å². The van der Waals surface area contributed by atoms with Gasteiger partial charge in [0, 0.05) is 5.56 Å². The SMILES string of the molecule is CC(C)c1cccc(C(C)(O)C2CC2)c1O. The second kappa shape index (κ2) is 3.77. The van der Waals surface area contributed by atoms with Crippen LogP contribution in [-0.2, 0) is 5.60 Å². The van der Waals surface area contributed by atoms with E-state index in [4.69, 9.17) is 0 Å². The van der Waals surface area contributed by atoms with Gasteiger partial charge in [-0.1, -0.05) is 32.0 Å². The highest BCUT2D eigenvalue weighted by atomic mass is 16.3. The van der Waals surface area contributed by atoms with E-state index in [1.165, 1.54) is 0 Å². The molecule has 16 heavy (non-hydrogen) atoms. The Bertz CT molecular complexity index is 390. The van der Waals surface area contributed by atoms with E-state index in [2.05, 4.69) is 0 Å². The number of phenolic OH excluding ortho intramolecular Hbond substituents is 1. The van der Waals surface area contributed by atoms with Gasteiger partial charge in [0.15, 0.2) is 0 Å². The third-order valence-corrected chi connectivity index (χ3v) is 3.61. The van der Waals surface area contributed by atoms with Crippen LogP contribution in [0, 0.1) is 5.92 Å². The van der Waals surface area contributed by atoms with Crippen LogP contribution >= 0.6 is 0 Å². The van der Waals surface area contributed by atoms with Crippen LogP contribution in [0.2, 0.25) is 0 Å². The number of benzene rings is 1. The van der Waals surface area contributed by atoms with Crippen LogP contribution in [0.1, 0.15) is 50.7 Å². The summed E-state index contributed by atoms with van der Waals surface area (Å²) in [5, 5.41) is 20.7. The lowest BCUT2D eigenvalue weighted by molar-refractivity contribution is 0.0306. The van der Waals surface area contributed by atoms with Gasteiger partial charge in [-0.15, -0.1) is 0 Å². The fourth-order valence-electron chi connectivity index (χ4n) is 2.30. The summed E-state index contributed by atoms with van der Waals surface area (Å²) in [7, 11) is 0. The van der Waals surface area contributed by atoms with Crippen molar-refractivity contribution in [2.45, 2.75) is 45.1 Å². The molecule has 2 nitrogen and oxygen atoms in total. The molecule has 0 radical (unpaired) electrons. The minimum absolute atomic E-state index is 0.273. The molecule has 88 valence electrons. The number of hydrogen-bond donors (Lipinski definition) is 2. The molecule has 0 aliphatic heterocycles. The summed E-state index contributed by atoms with van der Waals surface area (Å²) in [5.74, 6) is 0.852. The van der Waals surface area contributed by atoms with E-state index in [1.807, 2.05) is 39.0 Å². The normalized spacial score (nSPS) is 19.8. The summed E-state index contributed by atoms with van der Waals surface area (Å²) in [6.07, 6.45) is 2.11. The van der Waals surface area contributed by atoms with Gasteiger partial charge in [-0.25, -0.2) is 0 Å². The molecular weight excluding hydrogens is 200 g/mol. The highest BCUT2D eigenvalue weighted by Gasteiger charge is 2.42. The smallest absolute Gasteiger partial charge is 0.125 e. The lowest BCUT2D eigenvalue weighted by atomic mass is 9.87. The van der Waals surface area contributed by atoms with Crippen LogP contribution in [-0.4, -0.2) is 10.2 Å². The van der Waals surface area contributed by atoms with Crippen molar-refractivity contribution in [3.8, 4) is 5.75 Å². The zero-order valence-electron chi connectivity index (χ0n) is 10.2. The van der Waals surface area contributed by atoms with Gasteiger partial charge in [-0.2, -0.15) is 0 Å². The number of aliphatic hydroxyl groups is 1. The highest BCUT2D eigenvalue weighted by Crippen LogP contribution is 2.48. The molecule has 1 fully saturated rings. The van der Waals surface area contributed by atoms with Gasteiger partial charge in [-0.3, -0.25) is 0 Å². The highest BCUT2D eigenvalue weighted by molar-refractivity contribution is 5.45. The maximum absolute atomic E-state index is 10.5. The van der Waals surface area contributed by atoms with Crippen molar-refractivity contribution < 1.29 is 10.2 Å². The maximum atomic E-state index is 10.5. The van der Waals surface area contributed by atoms with E-state index in [9.17, 15) is 10.2 Å². The molecule has 1 aliphatic rings. The zero-order valence-corrected chi connectivity index (χ0v) is 10.2. The fourth-order valence-corrected chi connectivity index (χ4v) is 2.30. The number of aromatic hydroxyl groups is 1. The summed E-state index contributed by atoms with van der Waals surface area (Å²) in [5.41, 5.74) is 0.717. The molecule has 0 bridgehead atoms. The topological polar surface area (TPSA) is 40.5 Å². The van der Waals surface area contributed by atoms with Crippen molar-refractivity contribution in [2.75, 3.05) is 0 Å². The first-order valence-corrected chi connectivity index (χ1v) is 5.99. The number of phenols is 1. The Labute approximate surface area is 96.9 Å². The third kappa shape index (κ3) is 1.82. The molecular formula is C14H20O2. The lowest BCUT2D eigenvalue weighted by Crippen LogP contribution is -2.24. The Morgan fingerprint density at radius 2 is 1.94 bits per heavy atom. The average molecular weight is 220 g/mol. The van der Waals surface area contributed by atoms with Crippen molar-refractivity contribution in [1.29, 1.82) is 0 Å². The van der Waals surface area contributed by atoms with E-state index in [0.29, 0.717) is 11.5 Å². The standard InChI is InChI=1S/C14H20O2/c1-9(2)11-5-4-6-12(13(11)15)14(3,16)10-7-8-10/h4-6,9-10,15-16H,7-8H2,1-3H3. The van der Waals surface area contributed by atoms with Crippen molar-refractivity contribution in [1.82, 2.24) is 0 Å². The molecule has 0 amide bonds. The Kier molecular flexibility index (Phi) is 2.70. The van der Waals surface area contributed by atoms with E-state index < -0.39 is 5.60 Å². The van der Waals surface area contributed by atoms with Crippen LogP contribution in [0.25, 0.3) is 0 Å². The fraction of sp³-hybridized carbons (Fsp3) is 0.571. The molecule has 1 aliphatic carbocycles. The third-order valence-electron chi connectivity index (χ3n) is 3.61. The van der Waals surface area contributed by atoms with Gasteiger partial charge in [0.2, 0.25) is 0 Å². The van der Waals surface area contributed by atoms with Crippen molar-refractivity contribution in [3.63, 3.8) is 0 Å². The minimum atomic E-state index is -0.880. The molecule has 2 N–H and O–H groups in total.